The molecule has 0 amide bonds. The highest BCUT2D eigenvalue weighted by molar-refractivity contribution is 5.68. The molecule has 3 heterocycles. The summed E-state index contributed by atoms with van der Waals surface area (Å²) in [6, 6.07) is 5.93. The van der Waals surface area contributed by atoms with Crippen molar-refractivity contribution in [3.8, 4) is 22.8 Å². The Kier molecular flexibility index (Phi) is 3.71. The first kappa shape index (κ1) is 14.5. The summed E-state index contributed by atoms with van der Waals surface area (Å²) < 4.78 is 10.8. The van der Waals surface area contributed by atoms with E-state index >= 15 is 0 Å². The number of H-pyrrole nitrogens is 1. The number of rotatable bonds is 4. The lowest BCUT2D eigenvalue weighted by molar-refractivity contribution is 0.102. The molecular weight excluding hydrogens is 294 g/mol. The van der Waals surface area contributed by atoms with Crippen LogP contribution in [0.1, 0.15) is 24.6 Å². The van der Waals surface area contributed by atoms with Crippen molar-refractivity contribution < 1.29 is 14.6 Å². The minimum absolute atomic E-state index is 0.266. The number of fused-ring (bicyclic) bond motifs is 2. The van der Waals surface area contributed by atoms with Gasteiger partial charge in [0.2, 0.25) is 6.79 Å². The molecule has 0 radical (unpaired) electrons. The zero-order valence-corrected chi connectivity index (χ0v) is 13.2. The molecule has 0 saturated carbocycles. The molecular formula is C17H21N3O3. The SMILES string of the molecule is CC[C@H](O)CN1CCc2[nH]nc(-c3ccc4c(c3)OCO4)c2C1. The lowest BCUT2D eigenvalue weighted by atomic mass is 10.0. The summed E-state index contributed by atoms with van der Waals surface area (Å²) in [5, 5.41) is 17.6. The van der Waals surface area contributed by atoms with Gasteiger partial charge in [0.25, 0.3) is 0 Å². The molecule has 6 heteroatoms. The molecule has 1 aromatic carbocycles. The van der Waals surface area contributed by atoms with Crippen LogP contribution in [-0.2, 0) is 13.0 Å². The van der Waals surface area contributed by atoms with E-state index < -0.39 is 0 Å². The van der Waals surface area contributed by atoms with E-state index in [-0.39, 0.29) is 12.9 Å². The van der Waals surface area contributed by atoms with Gasteiger partial charge < -0.3 is 14.6 Å². The predicted octanol–water partition coefficient (Wildman–Crippen LogP) is 1.93. The number of aliphatic hydroxyl groups is 1. The van der Waals surface area contributed by atoms with Crippen LogP contribution in [0, 0.1) is 0 Å². The number of nitrogens with one attached hydrogen (secondary N) is 1. The maximum Gasteiger partial charge on any atom is 0.231 e. The number of aliphatic hydroxyl groups excluding tert-OH is 1. The van der Waals surface area contributed by atoms with E-state index in [4.69, 9.17) is 9.47 Å². The van der Waals surface area contributed by atoms with Crippen LogP contribution in [-0.4, -0.2) is 46.2 Å². The van der Waals surface area contributed by atoms with Gasteiger partial charge in [-0.3, -0.25) is 10.00 Å². The lowest BCUT2D eigenvalue weighted by Gasteiger charge is -2.28. The van der Waals surface area contributed by atoms with Gasteiger partial charge in [0.15, 0.2) is 11.5 Å². The molecule has 6 nitrogen and oxygen atoms in total. The van der Waals surface area contributed by atoms with Gasteiger partial charge in [0.05, 0.1) is 11.8 Å². The highest BCUT2D eigenvalue weighted by atomic mass is 16.7. The van der Waals surface area contributed by atoms with Crippen molar-refractivity contribution in [1.29, 1.82) is 0 Å². The molecule has 1 aromatic heterocycles. The summed E-state index contributed by atoms with van der Waals surface area (Å²) in [4.78, 5) is 2.29. The third-order valence-corrected chi connectivity index (χ3v) is 4.60. The van der Waals surface area contributed by atoms with Gasteiger partial charge >= 0.3 is 0 Å². The van der Waals surface area contributed by atoms with Crippen molar-refractivity contribution in [3.05, 3.63) is 29.5 Å². The van der Waals surface area contributed by atoms with E-state index in [1.165, 1.54) is 11.3 Å². The van der Waals surface area contributed by atoms with Gasteiger partial charge in [0, 0.05) is 42.9 Å². The van der Waals surface area contributed by atoms with Gasteiger partial charge in [-0.25, -0.2) is 0 Å². The Morgan fingerprint density at radius 3 is 3.09 bits per heavy atom. The van der Waals surface area contributed by atoms with Crippen LogP contribution >= 0.6 is 0 Å². The standard InChI is InChI=1S/C17H21N3O3/c1-2-12(21)8-20-6-5-14-13(9-20)17(19-18-14)11-3-4-15-16(7-11)23-10-22-15/h3-4,7,12,21H,2,5-6,8-10H2,1H3,(H,18,19)/t12-/m0/s1. The van der Waals surface area contributed by atoms with E-state index in [0.29, 0.717) is 6.54 Å². The molecule has 1 atom stereocenters. The average Bonchev–Trinajstić information content (AvgIpc) is 3.20. The average molecular weight is 315 g/mol. The first-order valence-electron chi connectivity index (χ1n) is 8.11. The van der Waals surface area contributed by atoms with Gasteiger partial charge in [-0.2, -0.15) is 5.10 Å². The fourth-order valence-corrected chi connectivity index (χ4v) is 3.22. The molecule has 2 aliphatic heterocycles. The van der Waals surface area contributed by atoms with E-state index in [1.54, 1.807) is 0 Å². The number of aromatic nitrogens is 2. The molecule has 0 bridgehead atoms. The summed E-state index contributed by atoms with van der Waals surface area (Å²) in [6.45, 7) is 4.76. The number of benzene rings is 1. The summed E-state index contributed by atoms with van der Waals surface area (Å²) in [5.74, 6) is 1.55. The fourth-order valence-electron chi connectivity index (χ4n) is 3.22. The van der Waals surface area contributed by atoms with Crippen LogP contribution < -0.4 is 9.47 Å². The zero-order valence-electron chi connectivity index (χ0n) is 13.2. The fraction of sp³-hybridized carbons (Fsp3) is 0.471. The number of aromatic amines is 1. The van der Waals surface area contributed by atoms with Crippen LogP contribution in [0.25, 0.3) is 11.3 Å². The van der Waals surface area contributed by atoms with Crippen LogP contribution in [0.2, 0.25) is 0 Å². The topological polar surface area (TPSA) is 70.6 Å². The third kappa shape index (κ3) is 2.68. The van der Waals surface area contributed by atoms with Crippen molar-refractivity contribution in [2.24, 2.45) is 0 Å². The number of hydrogen-bond donors (Lipinski definition) is 2. The molecule has 2 N–H and O–H groups in total. The Hall–Kier alpha value is -2.05. The Bertz CT molecular complexity index is 713. The molecule has 0 aliphatic carbocycles. The Balaban J connectivity index is 1.61. The quantitative estimate of drug-likeness (QED) is 0.902. The maximum absolute atomic E-state index is 9.91. The zero-order chi connectivity index (χ0) is 15.8. The molecule has 122 valence electrons. The molecule has 2 aromatic rings. The predicted molar refractivity (Wildman–Crippen MR) is 85.4 cm³/mol. The van der Waals surface area contributed by atoms with Gasteiger partial charge in [0.1, 0.15) is 0 Å². The van der Waals surface area contributed by atoms with Crippen LogP contribution in [0.5, 0.6) is 11.5 Å². The largest absolute Gasteiger partial charge is 0.454 e. The summed E-state index contributed by atoms with van der Waals surface area (Å²) in [6.07, 6.45) is 1.45. The molecule has 23 heavy (non-hydrogen) atoms. The Labute approximate surface area is 135 Å². The number of nitrogens with zero attached hydrogens (tertiary/aromatic N) is 2. The Morgan fingerprint density at radius 1 is 1.35 bits per heavy atom. The van der Waals surface area contributed by atoms with Crippen molar-refractivity contribution in [1.82, 2.24) is 15.1 Å². The smallest absolute Gasteiger partial charge is 0.231 e. The van der Waals surface area contributed by atoms with Crippen molar-refractivity contribution in [2.45, 2.75) is 32.4 Å². The second-order valence-electron chi connectivity index (χ2n) is 6.14. The highest BCUT2D eigenvalue weighted by Crippen LogP contribution is 2.37. The van der Waals surface area contributed by atoms with E-state index in [9.17, 15) is 5.11 Å². The van der Waals surface area contributed by atoms with Crippen LogP contribution in [0.4, 0.5) is 0 Å². The molecule has 0 unspecified atom stereocenters. The van der Waals surface area contributed by atoms with Crippen molar-refractivity contribution in [3.63, 3.8) is 0 Å². The molecule has 0 fully saturated rings. The van der Waals surface area contributed by atoms with Gasteiger partial charge in [-0.1, -0.05) is 6.92 Å². The van der Waals surface area contributed by atoms with Crippen LogP contribution in [0.3, 0.4) is 0 Å². The minimum atomic E-state index is -0.266. The van der Waals surface area contributed by atoms with Gasteiger partial charge in [-0.05, 0) is 24.6 Å². The van der Waals surface area contributed by atoms with Gasteiger partial charge in [-0.15, -0.1) is 0 Å². The molecule has 0 saturated heterocycles. The molecule has 0 spiro atoms. The Morgan fingerprint density at radius 2 is 2.22 bits per heavy atom. The summed E-state index contributed by atoms with van der Waals surface area (Å²) >= 11 is 0. The van der Waals surface area contributed by atoms with Crippen LogP contribution in [0.15, 0.2) is 18.2 Å². The third-order valence-electron chi connectivity index (χ3n) is 4.60. The molecule has 2 aliphatic rings. The minimum Gasteiger partial charge on any atom is -0.454 e. The monoisotopic (exact) mass is 315 g/mol. The van der Waals surface area contributed by atoms with E-state index in [0.717, 1.165) is 48.7 Å². The lowest BCUT2D eigenvalue weighted by Crippen LogP contribution is -2.36. The second-order valence-corrected chi connectivity index (χ2v) is 6.14. The van der Waals surface area contributed by atoms with Crippen molar-refractivity contribution in [2.75, 3.05) is 19.9 Å². The second kappa shape index (κ2) is 5.86. The highest BCUT2D eigenvalue weighted by Gasteiger charge is 2.24. The normalized spacial score (nSPS) is 18.0. The first-order chi connectivity index (χ1) is 11.2. The molecule has 4 rings (SSSR count). The number of ether oxygens (including phenoxy) is 2. The number of hydrogen-bond acceptors (Lipinski definition) is 5. The maximum atomic E-state index is 9.91. The van der Waals surface area contributed by atoms with Crippen molar-refractivity contribution >= 4 is 0 Å². The first-order valence-corrected chi connectivity index (χ1v) is 8.11. The van der Waals surface area contributed by atoms with E-state index in [2.05, 4.69) is 15.1 Å². The van der Waals surface area contributed by atoms with E-state index in [1.807, 2.05) is 25.1 Å². The number of β-amino-alcohol motifs (C(OH)–C–C–N with tert-alkyl or cyclic N) is 1. The summed E-state index contributed by atoms with van der Waals surface area (Å²) in [5.41, 5.74) is 4.41. The summed E-state index contributed by atoms with van der Waals surface area (Å²) in [7, 11) is 0.